The molecule has 0 atom stereocenters. The lowest BCUT2D eigenvalue weighted by Gasteiger charge is -2.08. The molecule has 0 bridgehead atoms. The number of hydrogen-bond acceptors (Lipinski definition) is 5. The Balaban J connectivity index is 2.17. The van der Waals surface area contributed by atoms with Crippen molar-refractivity contribution in [2.75, 3.05) is 20.8 Å². The SMILES string of the molecule is COC(=O)CN1C(=O)N/C(=C\c2ccc(OC)cc2)C1=O. The lowest BCUT2D eigenvalue weighted by atomic mass is 10.2. The molecule has 3 amide bonds. The first kappa shape index (κ1) is 14.6. The second-order valence-corrected chi connectivity index (χ2v) is 4.23. The fraction of sp³-hybridized carbons (Fsp3) is 0.214. The minimum atomic E-state index is -0.663. The lowest BCUT2D eigenvalue weighted by Crippen LogP contribution is -2.36. The number of nitrogens with one attached hydrogen (secondary N) is 1. The highest BCUT2D eigenvalue weighted by Crippen LogP contribution is 2.16. The second-order valence-electron chi connectivity index (χ2n) is 4.23. The molecule has 1 aliphatic heterocycles. The van der Waals surface area contributed by atoms with Gasteiger partial charge in [-0.25, -0.2) is 9.69 Å². The summed E-state index contributed by atoms with van der Waals surface area (Å²) in [5.74, 6) is -0.545. The summed E-state index contributed by atoms with van der Waals surface area (Å²) in [4.78, 5) is 35.7. The van der Waals surface area contributed by atoms with Crippen LogP contribution in [-0.4, -0.2) is 43.6 Å². The van der Waals surface area contributed by atoms with Crippen LogP contribution in [0.2, 0.25) is 0 Å². The molecule has 1 fully saturated rings. The molecule has 21 heavy (non-hydrogen) atoms. The molecule has 1 aromatic carbocycles. The van der Waals surface area contributed by atoms with E-state index >= 15 is 0 Å². The van der Waals surface area contributed by atoms with Crippen molar-refractivity contribution in [2.45, 2.75) is 0 Å². The first-order valence-electron chi connectivity index (χ1n) is 6.10. The molecule has 0 spiro atoms. The third-order valence-corrected chi connectivity index (χ3v) is 2.90. The van der Waals surface area contributed by atoms with Crippen molar-refractivity contribution >= 4 is 24.0 Å². The molecule has 0 unspecified atom stereocenters. The summed E-state index contributed by atoms with van der Waals surface area (Å²) in [6.07, 6.45) is 1.52. The third-order valence-electron chi connectivity index (χ3n) is 2.90. The smallest absolute Gasteiger partial charge is 0.329 e. The molecule has 110 valence electrons. The molecule has 0 radical (unpaired) electrons. The standard InChI is InChI=1S/C14H14N2O5/c1-20-10-5-3-9(4-6-10)7-11-13(18)16(14(19)15-11)8-12(17)21-2/h3-7H,8H2,1-2H3,(H,15,19)/b11-7-. The number of nitrogens with zero attached hydrogens (tertiary/aromatic N) is 1. The van der Waals surface area contributed by atoms with Gasteiger partial charge in [-0.3, -0.25) is 9.59 Å². The van der Waals surface area contributed by atoms with E-state index in [2.05, 4.69) is 10.1 Å². The Morgan fingerprint density at radius 3 is 2.48 bits per heavy atom. The van der Waals surface area contributed by atoms with Crippen LogP contribution in [0.1, 0.15) is 5.56 Å². The molecule has 1 N–H and O–H groups in total. The van der Waals surface area contributed by atoms with Crippen molar-refractivity contribution in [1.82, 2.24) is 10.2 Å². The summed E-state index contributed by atoms with van der Waals surface area (Å²) in [6, 6.07) is 6.31. The zero-order chi connectivity index (χ0) is 15.4. The molecule has 1 heterocycles. The Morgan fingerprint density at radius 2 is 1.90 bits per heavy atom. The van der Waals surface area contributed by atoms with E-state index in [1.165, 1.54) is 13.2 Å². The van der Waals surface area contributed by atoms with Crippen LogP contribution in [0.15, 0.2) is 30.0 Å². The topological polar surface area (TPSA) is 84.9 Å². The van der Waals surface area contributed by atoms with E-state index in [1.807, 2.05) is 0 Å². The van der Waals surface area contributed by atoms with Crippen LogP contribution in [0.25, 0.3) is 6.08 Å². The molecule has 0 aliphatic carbocycles. The quantitative estimate of drug-likeness (QED) is 0.503. The van der Waals surface area contributed by atoms with Crippen molar-refractivity contribution in [3.8, 4) is 5.75 Å². The highest BCUT2D eigenvalue weighted by molar-refractivity contribution is 6.15. The van der Waals surface area contributed by atoms with Crippen LogP contribution in [-0.2, 0) is 14.3 Å². The number of carbonyl (C=O) groups excluding carboxylic acids is 3. The van der Waals surface area contributed by atoms with Gasteiger partial charge in [-0.1, -0.05) is 12.1 Å². The van der Waals surface area contributed by atoms with Gasteiger partial charge in [-0.05, 0) is 23.8 Å². The Morgan fingerprint density at radius 1 is 1.24 bits per heavy atom. The maximum absolute atomic E-state index is 12.0. The largest absolute Gasteiger partial charge is 0.497 e. The maximum Gasteiger partial charge on any atom is 0.329 e. The van der Waals surface area contributed by atoms with Crippen molar-refractivity contribution in [3.63, 3.8) is 0 Å². The Kier molecular flexibility index (Phi) is 4.22. The first-order valence-corrected chi connectivity index (χ1v) is 6.10. The molecule has 2 rings (SSSR count). The number of urea groups is 1. The number of ether oxygens (including phenoxy) is 2. The van der Waals surface area contributed by atoms with Gasteiger partial charge in [0.2, 0.25) is 0 Å². The number of methoxy groups -OCH3 is 2. The summed E-state index contributed by atoms with van der Waals surface area (Å²) < 4.78 is 9.48. The zero-order valence-corrected chi connectivity index (χ0v) is 11.6. The van der Waals surface area contributed by atoms with Crippen LogP contribution >= 0.6 is 0 Å². The van der Waals surface area contributed by atoms with E-state index in [1.54, 1.807) is 31.4 Å². The van der Waals surface area contributed by atoms with E-state index in [0.29, 0.717) is 5.75 Å². The molecule has 7 nitrogen and oxygen atoms in total. The predicted molar refractivity (Wildman–Crippen MR) is 73.2 cm³/mol. The van der Waals surface area contributed by atoms with Gasteiger partial charge >= 0.3 is 12.0 Å². The number of benzene rings is 1. The Labute approximate surface area is 121 Å². The Bertz CT molecular complexity index is 606. The van der Waals surface area contributed by atoms with Crippen LogP contribution in [0.4, 0.5) is 4.79 Å². The average molecular weight is 290 g/mol. The van der Waals surface area contributed by atoms with Crippen molar-refractivity contribution in [1.29, 1.82) is 0 Å². The van der Waals surface area contributed by atoms with Gasteiger partial charge in [0.15, 0.2) is 0 Å². The number of hydrogen-bond donors (Lipinski definition) is 1. The molecular formula is C14H14N2O5. The van der Waals surface area contributed by atoms with Crippen molar-refractivity contribution in [3.05, 3.63) is 35.5 Å². The molecule has 1 aliphatic rings. The molecular weight excluding hydrogens is 276 g/mol. The minimum Gasteiger partial charge on any atom is -0.497 e. The van der Waals surface area contributed by atoms with E-state index in [0.717, 1.165) is 10.5 Å². The molecule has 1 saturated heterocycles. The van der Waals surface area contributed by atoms with Crippen LogP contribution in [0.5, 0.6) is 5.75 Å². The summed E-state index contributed by atoms with van der Waals surface area (Å²) in [6.45, 7) is -0.416. The predicted octanol–water partition coefficient (Wildman–Crippen LogP) is 0.761. The van der Waals surface area contributed by atoms with Crippen LogP contribution in [0.3, 0.4) is 0 Å². The van der Waals surface area contributed by atoms with Gasteiger partial charge in [0.25, 0.3) is 5.91 Å². The third kappa shape index (κ3) is 3.19. The van der Waals surface area contributed by atoms with Gasteiger partial charge in [0.05, 0.1) is 14.2 Å². The molecule has 0 saturated carbocycles. The number of carbonyl (C=O) groups is 3. The summed E-state index contributed by atoms with van der Waals surface area (Å²) in [7, 11) is 2.74. The fourth-order valence-corrected chi connectivity index (χ4v) is 1.78. The second kappa shape index (κ2) is 6.08. The van der Waals surface area contributed by atoms with Gasteiger partial charge in [0.1, 0.15) is 18.0 Å². The van der Waals surface area contributed by atoms with E-state index < -0.39 is 24.5 Å². The van der Waals surface area contributed by atoms with E-state index in [4.69, 9.17) is 4.74 Å². The first-order chi connectivity index (χ1) is 10.0. The maximum atomic E-state index is 12.0. The summed E-state index contributed by atoms with van der Waals surface area (Å²) >= 11 is 0. The number of rotatable bonds is 4. The number of esters is 1. The minimum absolute atomic E-state index is 0.106. The average Bonchev–Trinajstić information content (AvgIpc) is 2.75. The van der Waals surface area contributed by atoms with Gasteiger partial charge < -0.3 is 14.8 Å². The summed E-state index contributed by atoms with van der Waals surface area (Å²) in [5.41, 5.74) is 0.827. The van der Waals surface area contributed by atoms with Gasteiger partial charge in [0, 0.05) is 0 Å². The number of imide groups is 1. The lowest BCUT2D eigenvalue weighted by molar-refractivity contribution is -0.143. The van der Waals surface area contributed by atoms with E-state index in [-0.39, 0.29) is 5.70 Å². The highest BCUT2D eigenvalue weighted by Gasteiger charge is 2.35. The van der Waals surface area contributed by atoms with Crippen LogP contribution in [0, 0.1) is 0 Å². The van der Waals surface area contributed by atoms with Crippen LogP contribution < -0.4 is 10.1 Å². The normalized spacial score (nSPS) is 16.1. The van der Waals surface area contributed by atoms with Crippen molar-refractivity contribution < 1.29 is 23.9 Å². The van der Waals surface area contributed by atoms with E-state index in [9.17, 15) is 14.4 Å². The fourth-order valence-electron chi connectivity index (χ4n) is 1.78. The molecule has 7 heteroatoms. The zero-order valence-electron chi connectivity index (χ0n) is 11.6. The number of amides is 3. The van der Waals surface area contributed by atoms with Gasteiger partial charge in [-0.15, -0.1) is 0 Å². The molecule has 1 aromatic rings. The van der Waals surface area contributed by atoms with Gasteiger partial charge in [-0.2, -0.15) is 0 Å². The summed E-state index contributed by atoms with van der Waals surface area (Å²) in [5, 5.41) is 2.42. The highest BCUT2D eigenvalue weighted by atomic mass is 16.5. The monoisotopic (exact) mass is 290 g/mol. The molecule has 0 aromatic heterocycles. The Hall–Kier alpha value is -2.83. The van der Waals surface area contributed by atoms with Crippen molar-refractivity contribution in [2.24, 2.45) is 0 Å².